The molecule has 0 unspecified atom stereocenters. The third-order valence-electron chi connectivity index (χ3n) is 5.90. The summed E-state index contributed by atoms with van der Waals surface area (Å²) in [5.41, 5.74) is 0.886. The van der Waals surface area contributed by atoms with Gasteiger partial charge in [0.15, 0.2) is 5.13 Å². The van der Waals surface area contributed by atoms with E-state index < -0.39 is 11.5 Å². The van der Waals surface area contributed by atoms with E-state index in [9.17, 15) is 9.59 Å². The molecule has 0 spiro atoms. The molecule has 2 aromatic heterocycles. The molecule has 1 aliphatic rings. The van der Waals surface area contributed by atoms with Gasteiger partial charge >= 0.3 is 5.63 Å². The molecule has 2 aromatic carbocycles. The lowest BCUT2D eigenvalue weighted by molar-refractivity contribution is 0.0944. The van der Waals surface area contributed by atoms with Crippen molar-refractivity contribution in [3.05, 3.63) is 64.5 Å². The van der Waals surface area contributed by atoms with Crippen LogP contribution in [0.15, 0.2) is 57.7 Å². The first-order valence-electron chi connectivity index (χ1n) is 11.4. The Balaban J connectivity index is 1.13. The van der Waals surface area contributed by atoms with Gasteiger partial charge in [0, 0.05) is 44.7 Å². The van der Waals surface area contributed by atoms with Gasteiger partial charge in [0.25, 0.3) is 5.91 Å². The third-order valence-corrected chi connectivity index (χ3v) is 6.98. The van der Waals surface area contributed by atoms with Crippen molar-refractivity contribution >= 4 is 43.6 Å². The van der Waals surface area contributed by atoms with Gasteiger partial charge in [0.05, 0.1) is 16.8 Å². The van der Waals surface area contributed by atoms with E-state index >= 15 is 0 Å². The SMILES string of the molecule is CCOc1ccc2nc(N3CCN(CCNC(=O)c4cc5ccccc5oc4=O)CC3)sc2c1. The highest BCUT2D eigenvalue weighted by molar-refractivity contribution is 7.22. The Kier molecular flexibility index (Phi) is 6.46. The quantitative estimate of drug-likeness (QED) is 0.408. The van der Waals surface area contributed by atoms with E-state index in [2.05, 4.69) is 21.2 Å². The van der Waals surface area contributed by atoms with Gasteiger partial charge in [-0.3, -0.25) is 9.69 Å². The van der Waals surface area contributed by atoms with Crippen LogP contribution in [-0.4, -0.2) is 61.7 Å². The normalized spacial score (nSPS) is 14.6. The molecule has 1 amide bonds. The largest absolute Gasteiger partial charge is 0.494 e. The maximum absolute atomic E-state index is 12.5. The van der Waals surface area contributed by atoms with Crippen molar-refractivity contribution < 1.29 is 13.9 Å². The Morgan fingerprint density at radius 2 is 1.97 bits per heavy atom. The molecular formula is C25H26N4O4S. The highest BCUT2D eigenvalue weighted by Crippen LogP contribution is 2.32. The standard InChI is InChI=1S/C25H26N4O4S/c1-2-32-18-7-8-20-22(16-18)34-25(27-20)29-13-11-28(12-14-29)10-9-26-23(30)19-15-17-5-3-4-6-21(17)33-24(19)31/h3-8,15-16H,2,9-14H2,1H3,(H,26,30). The Bertz CT molecular complexity index is 1370. The number of hydrogen-bond donors (Lipinski definition) is 1. The van der Waals surface area contributed by atoms with E-state index in [1.807, 2.05) is 31.2 Å². The van der Waals surface area contributed by atoms with Gasteiger partial charge in [-0.15, -0.1) is 0 Å². The molecule has 1 saturated heterocycles. The van der Waals surface area contributed by atoms with Gasteiger partial charge in [-0.25, -0.2) is 9.78 Å². The number of carbonyl (C=O) groups is 1. The van der Waals surface area contributed by atoms with Crippen LogP contribution in [0.3, 0.4) is 0 Å². The lowest BCUT2D eigenvalue weighted by Crippen LogP contribution is -2.48. The number of carbonyl (C=O) groups excluding carboxylic acids is 1. The maximum atomic E-state index is 12.5. The van der Waals surface area contributed by atoms with Crippen LogP contribution < -0.4 is 20.6 Å². The van der Waals surface area contributed by atoms with E-state index in [0.29, 0.717) is 18.7 Å². The number of nitrogens with zero attached hydrogens (tertiary/aromatic N) is 3. The number of para-hydroxylation sites is 1. The first kappa shape index (κ1) is 22.4. The number of rotatable bonds is 7. The zero-order valence-electron chi connectivity index (χ0n) is 19.0. The number of aromatic nitrogens is 1. The van der Waals surface area contributed by atoms with Crippen LogP contribution in [0.5, 0.6) is 5.75 Å². The monoisotopic (exact) mass is 478 g/mol. The van der Waals surface area contributed by atoms with E-state index in [0.717, 1.165) is 59.2 Å². The molecule has 9 heteroatoms. The fraction of sp³-hybridized carbons (Fsp3) is 0.320. The minimum atomic E-state index is -0.617. The van der Waals surface area contributed by atoms with Crippen molar-refractivity contribution in [2.45, 2.75) is 6.92 Å². The Hall–Kier alpha value is -3.43. The van der Waals surface area contributed by atoms with Gasteiger partial charge in [0.2, 0.25) is 0 Å². The number of piperazine rings is 1. The highest BCUT2D eigenvalue weighted by Gasteiger charge is 2.20. The average molecular weight is 479 g/mol. The topological polar surface area (TPSA) is 87.9 Å². The Morgan fingerprint density at radius 1 is 1.15 bits per heavy atom. The lowest BCUT2D eigenvalue weighted by Gasteiger charge is -2.34. The van der Waals surface area contributed by atoms with Crippen molar-refractivity contribution in [1.29, 1.82) is 0 Å². The zero-order valence-corrected chi connectivity index (χ0v) is 19.8. The second-order valence-electron chi connectivity index (χ2n) is 8.13. The number of fused-ring (bicyclic) bond motifs is 2. The smallest absolute Gasteiger partial charge is 0.349 e. The van der Waals surface area contributed by atoms with Gasteiger partial charge in [-0.1, -0.05) is 29.5 Å². The van der Waals surface area contributed by atoms with Crippen LogP contribution in [0.4, 0.5) is 5.13 Å². The number of ether oxygens (including phenoxy) is 1. The molecule has 1 fully saturated rings. The molecule has 0 radical (unpaired) electrons. The van der Waals surface area contributed by atoms with Gasteiger partial charge in [-0.2, -0.15) is 0 Å². The molecule has 0 aliphatic carbocycles. The third kappa shape index (κ3) is 4.76. The highest BCUT2D eigenvalue weighted by atomic mass is 32.1. The Labute approximate surface area is 200 Å². The number of benzene rings is 2. The van der Waals surface area contributed by atoms with E-state index in [-0.39, 0.29) is 5.56 Å². The van der Waals surface area contributed by atoms with Crippen LogP contribution in [0.1, 0.15) is 17.3 Å². The van der Waals surface area contributed by atoms with Crippen LogP contribution >= 0.6 is 11.3 Å². The van der Waals surface area contributed by atoms with Gasteiger partial charge < -0.3 is 19.4 Å². The summed E-state index contributed by atoms with van der Waals surface area (Å²) in [5.74, 6) is 0.470. The van der Waals surface area contributed by atoms with Crippen molar-refractivity contribution in [2.75, 3.05) is 50.8 Å². The predicted molar refractivity (Wildman–Crippen MR) is 134 cm³/mol. The summed E-state index contributed by atoms with van der Waals surface area (Å²) in [7, 11) is 0. The number of anilines is 1. The minimum absolute atomic E-state index is 0.0341. The van der Waals surface area contributed by atoms with Crippen molar-refractivity contribution in [1.82, 2.24) is 15.2 Å². The molecule has 34 heavy (non-hydrogen) atoms. The lowest BCUT2D eigenvalue weighted by atomic mass is 10.2. The zero-order chi connectivity index (χ0) is 23.5. The second kappa shape index (κ2) is 9.82. The van der Waals surface area contributed by atoms with Crippen molar-refractivity contribution in [3.63, 3.8) is 0 Å². The molecule has 4 aromatic rings. The molecule has 0 saturated carbocycles. The molecule has 0 atom stereocenters. The average Bonchev–Trinajstić information content (AvgIpc) is 3.27. The fourth-order valence-electron chi connectivity index (χ4n) is 4.09. The summed E-state index contributed by atoms with van der Waals surface area (Å²) in [6.07, 6.45) is 0. The predicted octanol–water partition coefficient (Wildman–Crippen LogP) is 3.35. The molecular weight excluding hydrogens is 452 g/mol. The van der Waals surface area contributed by atoms with Gasteiger partial charge in [-0.05, 0) is 37.3 Å². The maximum Gasteiger partial charge on any atom is 0.349 e. The number of amides is 1. The molecule has 0 bridgehead atoms. The van der Waals surface area contributed by atoms with Crippen LogP contribution in [0.25, 0.3) is 21.2 Å². The van der Waals surface area contributed by atoms with Crippen molar-refractivity contribution in [2.24, 2.45) is 0 Å². The first-order valence-corrected chi connectivity index (χ1v) is 12.2. The summed E-state index contributed by atoms with van der Waals surface area (Å²) in [6.45, 7) is 7.33. The summed E-state index contributed by atoms with van der Waals surface area (Å²) >= 11 is 1.69. The van der Waals surface area contributed by atoms with E-state index in [1.54, 1.807) is 29.5 Å². The molecule has 3 heterocycles. The number of hydrogen-bond acceptors (Lipinski definition) is 8. The van der Waals surface area contributed by atoms with Crippen LogP contribution in [0.2, 0.25) is 0 Å². The van der Waals surface area contributed by atoms with E-state index in [1.165, 1.54) is 0 Å². The Morgan fingerprint density at radius 3 is 2.79 bits per heavy atom. The molecule has 1 N–H and O–H groups in total. The minimum Gasteiger partial charge on any atom is -0.494 e. The number of nitrogens with one attached hydrogen (secondary N) is 1. The summed E-state index contributed by atoms with van der Waals surface area (Å²) < 4.78 is 12.0. The fourth-order valence-corrected chi connectivity index (χ4v) is 5.14. The first-order chi connectivity index (χ1) is 16.6. The summed E-state index contributed by atoms with van der Waals surface area (Å²) in [6, 6.07) is 14.8. The molecule has 5 rings (SSSR count). The van der Waals surface area contributed by atoms with Crippen LogP contribution in [0, 0.1) is 0 Å². The molecule has 176 valence electrons. The van der Waals surface area contributed by atoms with E-state index in [4.69, 9.17) is 14.1 Å². The summed E-state index contributed by atoms with van der Waals surface area (Å²) in [4.78, 5) is 34.1. The second-order valence-corrected chi connectivity index (χ2v) is 9.14. The molecule has 1 aliphatic heterocycles. The van der Waals surface area contributed by atoms with Gasteiger partial charge in [0.1, 0.15) is 16.9 Å². The van der Waals surface area contributed by atoms with Crippen molar-refractivity contribution in [3.8, 4) is 5.75 Å². The summed E-state index contributed by atoms with van der Waals surface area (Å²) in [5, 5.41) is 4.61. The van der Waals surface area contributed by atoms with Crippen LogP contribution in [-0.2, 0) is 0 Å². The number of thiazole rings is 1. The molecule has 8 nitrogen and oxygen atoms in total.